The minimum Gasteiger partial charge on any atom is -0.490 e. The fraction of sp³-hybridized carbons (Fsp3) is 0.400. The Morgan fingerprint density at radius 1 is 0.872 bits per heavy atom. The number of hydrogen-bond donors (Lipinski definition) is 1. The maximum atomic E-state index is 11.9. The Hall–Kier alpha value is -4.14. The predicted molar refractivity (Wildman–Crippen MR) is 145 cm³/mol. The molecule has 0 aliphatic heterocycles. The smallest absolute Gasteiger partial charge is 0.407 e. The maximum absolute atomic E-state index is 11.9. The van der Waals surface area contributed by atoms with Gasteiger partial charge in [0, 0.05) is 30.5 Å². The molecule has 0 saturated heterocycles. The number of rotatable bonds is 8. The van der Waals surface area contributed by atoms with Crippen molar-refractivity contribution in [1.82, 2.24) is 15.3 Å². The second-order valence-electron chi connectivity index (χ2n) is 11.0. The van der Waals surface area contributed by atoms with E-state index in [2.05, 4.69) is 41.3 Å². The van der Waals surface area contributed by atoms with E-state index in [4.69, 9.17) is 18.9 Å². The Morgan fingerprint density at radius 3 is 2.03 bits per heavy atom. The molecule has 0 radical (unpaired) electrons. The van der Waals surface area contributed by atoms with Gasteiger partial charge in [0.25, 0.3) is 0 Å². The molecular weight excluding hydrogens is 498 g/mol. The van der Waals surface area contributed by atoms with Crippen LogP contribution >= 0.6 is 0 Å². The van der Waals surface area contributed by atoms with Gasteiger partial charge in [0.2, 0.25) is 0 Å². The minimum atomic E-state index is -0.553. The van der Waals surface area contributed by atoms with Gasteiger partial charge >= 0.3 is 18.1 Å². The summed E-state index contributed by atoms with van der Waals surface area (Å²) < 4.78 is 21.8. The van der Waals surface area contributed by atoms with Crippen LogP contribution in [0.15, 0.2) is 60.8 Å². The third kappa shape index (κ3) is 7.25. The lowest BCUT2D eigenvalue weighted by atomic mass is 9.78. The van der Waals surface area contributed by atoms with Crippen molar-refractivity contribution >= 4 is 12.1 Å². The summed E-state index contributed by atoms with van der Waals surface area (Å²) >= 11 is 0. The Balaban J connectivity index is 1.31. The standard InChI is InChI=1S/C30H35N3O6/c1-29(2,3)39-28(35)32-21-17-24(18-21)37-22-11-7-19(8-12-22)30(4,5)20-9-13-23(14-10-20)38-27-31-16-15-25(33-27)26(34)36-6/h7-16,21,24H,17-18H2,1-6H3,(H,32,35)/t21-,24-. The van der Waals surface area contributed by atoms with Crippen molar-refractivity contribution in [3.05, 3.63) is 77.6 Å². The first-order chi connectivity index (χ1) is 18.4. The molecule has 9 nitrogen and oxygen atoms in total. The molecule has 1 amide bonds. The Bertz CT molecular complexity index is 1290. The second-order valence-corrected chi connectivity index (χ2v) is 11.0. The van der Waals surface area contributed by atoms with Gasteiger partial charge < -0.3 is 24.3 Å². The monoisotopic (exact) mass is 533 g/mol. The Labute approximate surface area is 228 Å². The van der Waals surface area contributed by atoms with Gasteiger partial charge in [-0.3, -0.25) is 0 Å². The third-order valence-corrected chi connectivity index (χ3v) is 6.51. The summed E-state index contributed by atoms with van der Waals surface area (Å²) in [4.78, 5) is 31.8. The zero-order valence-electron chi connectivity index (χ0n) is 23.2. The molecule has 1 fully saturated rings. The quantitative estimate of drug-likeness (QED) is 0.361. The van der Waals surface area contributed by atoms with Gasteiger partial charge in [0.1, 0.15) is 23.2 Å². The topological polar surface area (TPSA) is 109 Å². The molecule has 1 saturated carbocycles. The van der Waals surface area contributed by atoms with Crippen molar-refractivity contribution in [3.63, 3.8) is 0 Å². The van der Waals surface area contributed by atoms with Crippen molar-refractivity contribution in [2.45, 2.75) is 70.6 Å². The number of hydrogen-bond acceptors (Lipinski definition) is 8. The highest BCUT2D eigenvalue weighted by Crippen LogP contribution is 2.34. The van der Waals surface area contributed by atoms with E-state index >= 15 is 0 Å². The second kappa shape index (κ2) is 11.3. The van der Waals surface area contributed by atoms with E-state index in [0.29, 0.717) is 5.75 Å². The first-order valence-electron chi connectivity index (χ1n) is 12.9. The largest absolute Gasteiger partial charge is 0.490 e. The fourth-order valence-corrected chi connectivity index (χ4v) is 4.22. The minimum absolute atomic E-state index is 0.0635. The summed E-state index contributed by atoms with van der Waals surface area (Å²) in [5.41, 5.74) is 1.58. The highest BCUT2D eigenvalue weighted by atomic mass is 16.6. The molecule has 0 unspecified atom stereocenters. The molecule has 0 atom stereocenters. The zero-order chi connectivity index (χ0) is 28.2. The van der Waals surface area contributed by atoms with E-state index in [1.54, 1.807) is 0 Å². The van der Waals surface area contributed by atoms with Crippen LogP contribution in [0.25, 0.3) is 0 Å². The lowest BCUT2D eigenvalue weighted by molar-refractivity contribution is 0.0362. The van der Waals surface area contributed by atoms with E-state index in [0.717, 1.165) is 29.7 Å². The van der Waals surface area contributed by atoms with Crippen LogP contribution in [0, 0.1) is 0 Å². The van der Waals surface area contributed by atoms with Crippen LogP contribution in [-0.2, 0) is 14.9 Å². The normalized spacial score (nSPS) is 17.0. The molecule has 4 rings (SSSR count). The fourth-order valence-electron chi connectivity index (χ4n) is 4.22. The zero-order valence-corrected chi connectivity index (χ0v) is 23.2. The van der Waals surface area contributed by atoms with Gasteiger partial charge in [-0.05, 0) is 62.2 Å². The average molecular weight is 534 g/mol. The molecule has 39 heavy (non-hydrogen) atoms. The van der Waals surface area contributed by atoms with Gasteiger partial charge in [-0.15, -0.1) is 0 Å². The van der Waals surface area contributed by atoms with Gasteiger partial charge in [-0.1, -0.05) is 38.1 Å². The van der Waals surface area contributed by atoms with E-state index < -0.39 is 17.7 Å². The van der Waals surface area contributed by atoms with Crippen LogP contribution in [0.5, 0.6) is 17.5 Å². The number of benzene rings is 2. The number of nitrogens with one attached hydrogen (secondary N) is 1. The summed E-state index contributed by atoms with van der Waals surface area (Å²) in [6.45, 7) is 9.85. The first-order valence-corrected chi connectivity index (χ1v) is 12.9. The molecule has 1 aliphatic carbocycles. The number of carbonyl (C=O) groups excluding carboxylic acids is 2. The van der Waals surface area contributed by atoms with Gasteiger partial charge in [0.05, 0.1) is 7.11 Å². The molecule has 0 bridgehead atoms. The first kappa shape index (κ1) is 27.9. The number of methoxy groups -OCH3 is 1. The van der Waals surface area contributed by atoms with Gasteiger partial charge in [0.15, 0.2) is 5.69 Å². The van der Waals surface area contributed by atoms with Crippen molar-refractivity contribution < 1.29 is 28.5 Å². The molecule has 1 aliphatic rings. The van der Waals surface area contributed by atoms with Gasteiger partial charge in [-0.2, -0.15) is 4.98 Å². The van der Waals surface area contributed by atoms with E-state index in [1.165, 1.54) is 19.4 Å². The number of carbonyl (C=O) groups is 2. The molecule has 1 N–H and O–H groups in total. The number of aromatic nitrogens is 2. The van der Waals surface area contributed by atoms with Crippen LogP contribution in [-0.4, -0.2) is 46.9 Å². The molecular formula is C30H35N3O6. The number of alkyl carbamates (subject to hydrolysis) is 1. The molecule has 1 aromatic heterocycles. The summed E-state index contributed by atoms with van der Waals surface area (Å²) in [5.74, 6) is 0.802. The number of ether oxygens (including phenoxy) is 4. The van der Waals surface area contributed by atoms with Crippen LogP contribution < -0.4 is 14.8 Å². The molecule has 3 aromatic rings. The molecule has 0 spiro atoms. The van der Waals surface area contributed by atoms with Crippen molar-refractivity contribution in [1.29, 1.82) is 0 Å². The lowest BCUT2D eigenvalue weighted by Gasteiger charge is -2.36. The van der Waals surface area contributed by atoms with E-state index in [1.807, 2.05) is 57.2 Å². The summed E-state index contributed by atoms with van der Waals surface area (Å²) in [6.07, 6.45) is 2.62. The maximum Gasteiger partial charge on any atom is 0.407 e. The van der Waals surface area contributed by atoms with Crippen molar-refractivity contribution in [2.75, 3.05) is 7.11 Å². The Morgan fingerprint density at radius 2 is 1.46 bits per heavy atom. The molecule has 2 aromatic carbocycles. The summed E-state index contributed by atoms with van der Waals surface area (Å²) in [5, 5.41) is 2.89. The average Bonchev–Trinajstić information content (AvgIpc) is 2.86. The van der Waals surface area contributed by atoms with Crippen LogP contribution in [0.3, 0.4) is 0 Å². The molecule has 1 heterocycles. The number of esters is 1. The SMILES string of the molecule is COC(=O)c1ccnc(Oc2ccc(C(C)(C)c3ccc(O[C@H]4C[C@H](NC(=O)OC(C)(C)C)C4)cc3)cc2)n1. The third-order valence-electron chi connectivity index (χ3n) is 6.51. The predicted octanol–water partition coefficient (Wildman–Crippen LogP) is 5.82. The van der Waals surface area contributed by atoms with Crippen LogP contribution in [0.1, 0.15) is 69.1 Å². The van der Waals surface area contributed by atoms with E-state index in [9.17, 15) is 9.59 Å². The molecule has 9 heteroatoms. The van der Waals surface area contributed by atoms with Crippen LogP contribution in [0.4, 0.5) is 4.79 Å². The lowest BCUT2D eigenvalue weighted by Crippen LogP contribution is -2.50. The van der Waals surface area contributed by atoms with Crippen molar-refractivity contribution in [2.24, 2.45) is 0 Å². The van der Waals surface area contributed by atoms with Crippen molar-refractivity contribution in [3.8, 4) is 17.5 Å². The Kier molecular flexibility index (Phi) is 8.09. The molecule has 206 valence electrons. The van der Waals surface area contributed by atoms with E-state index in [-0.39, 0.29) is 29.3 Å². The number of nitrogens with zero attached hydrogens (tertiary/aromatic N) is 2. The highest BCUT2D eigenvalue weighted by Gasteiger charge is 2.33. The summed E-state index contributed by atoms with van der Waals surface area (Å²) in [6, 6.07) is 17.4. The number of amides is 1. The van der Waals surface area contributed by atoms with Crippen LogP contribution in [0.2, 0.25) is 0 Å². The highest BCUT2D eigenvalue weighted by molar-refractivity contribution is 5.87. The summed E-state index contributed by atoms with van der Waals surface area (Å²) in [7, 11) is 1.29. The van der Waals surface area contributed by atoms with Gasteiger partial charge in [-0.25, -0.2) is 14.6 Å².